The smallest absolute Gasteiger partial charge is 0.275 e. The SMILES string of the molecule is CC(CCC(C)(C)c1cc(Br)c(N)cc1[N+](=O)[O-])CNc1ccc(C(C)(C)C)cc1Br. The minimum atomic E-state index is -0.345. The quantitative estimate of drug-likeness (QED) is 0.198. The van der Waals surface area contributed by atoms with Gasteiger partial charge in [-0.25, -0.2) is 0 Å². The third kappa shape index (κ3) is 6.69. The van der Waals surface area contributed by atoms with E-state index in [9.17, 15) is 10.1 Å². The van der Waals surface area contributed by atoms with Crippen molar-refractivity contribution in [2.45, 2.75) is 65.2 Å². The van der Waals surface area contributed by atoms with Crippen LogP contribution >= 0.6 is 31.9 Å². The first-order valence-corrected chi connectivity index (χ1v) is 12.1. The largest absolute Gasteiger partial charge is 0.398 e. The van der Waals surface area contributed by atoms with Crippen molar-refractivity contribution in [3.05, 3.63) is 60.5 Å². The second-order valence-corrected chi connectivity index (χ2v) is 11.7. The molecule has 2 aromatic carbocycles. The summed E-state index contributed by atoms with van der Waals surface area (Å²) in [4.78, 5) is 11.2. The molecule has 0 aliphatic carbocycles. The predicted octanol–water partition coefficient (Wildman–Crippen LogP) is 7.81. The highest BCUT2D eigenvalue weighted by Crippen LogP contribution is 2.40. The molecular weight excluding hydrogens is 522 g/mol. The summed E-state index contributed by atoms with van der Waals surface area (Å²) < 4.78 is 1.76. The lowest BCUT2D eigenvalue weighted by molar-refractivity contribution is -0.386. The maximum Gasteiger partial charge on any atom is 0.275 e. The molecule has 0 saturated heterocycles. The summed E-state index contributed by atoms with van der Waals surface area (Å²) in [6.07, 6.45) is 1.77. The number of hydrogen-bond donors (Lipinski definition) is 2. The van der Waals surface area contributed by atoms with Crippen LogP contribution in [-0.4, -0.2) is 11.5 Å². The number of rotatable bonds is 8. The van der Waals surface area contributed by atoms with E-state index in [-0.39, 0.29) is 21.4 Å². The van der Waals surface area contributed by atoms with E-state index in [4.69, 9.17) is 5.73 Å². The van der Waals surface area contributed by atoms with Crippen LogP contribution in [0, 0.1) is 16.0 Å². The fourth-order valence-electron chi connectivity index (χ4n) is 3.52. The van der Waals surface area contributed by atoms with Gasteiger partial charge in [0.15, 0.2) is 0 Å². The van der Waals surface area contributed by atoms with Crippen molar-refractivity contribution in [1.29, 1.82) is 0 Å². The Kier molecular flexibility index (Phi) is 8.20. The van der Waals surface area contributed by atoms with E-state index in [2.05, 4.69) is 96.9 Å². The molecule has 0 saturated carbocycles. The van der Waals surface area contributed by atoms with Crippen LogP contribution < -0.4 is 11.1 Å². The molecule has 1 atom stereocenters. The molecule has 0 bridgehead atoms. The van der Waals surface area contributed by atoms with Crippen molar-refractivity contribution in [3.8, 4) is 0 Å². The molecule has 7 heteroatoms. The molecule has 0 aromatic heterocycles. The molecule has 0 aliphatic heterocycles. The Morgan fingerprint density at radius 3 is 2.29 bits per heavy atom. The second kappa shape index (κ2) is 9.90. The zero-order valence-electron chi connectivity index (χ0n) is 19.2. The highest BCUT2D eigenvalue weighted by atomic mass is 79.9. The van der Waals surface area contributed by atoms with Crippen molar-refractivity contribution in [2.75, 3.05) is 17.6 Å². The molecule has 31 heavy (non-hydrogen) atoms. The standard InChI is InChI=1S/C24H33Br2N3O2/c1-15(14-28-21-8-7-16(11-19(21)26)23(2,3)4)9-10-24(5,6)17-12-18(25)20(27)13-22(17)29(30)31/h7-8,11-13,15,28H,9-10,14,27H2,1-6H3. The van der Waals surface area contributed by atoms with E-state index >= 15 is 0 Å². The molecule has 1 unspecified atom stereocenters. The van der Waals surface area contributed by atoms with Gasteiger partial charge in [-0.05, 0) is 85.2 Å². The second-order valence-electron chi connectivity index (χ2n) is 10.0. The van der Waals surface area contributed by atoms with Crippen LogP contribution in [0.2, 0.25) is 0 Å². The Balaban J connectivity index is 2.04. The Morgan fingerprint density at radius 1 is 1.10 bits per heavy atom. The molecule has 0 aliphatic rings. The molecule has 0 heterocycles. The van der Waals surface area contributed by atoms with Gasteiger partial charge >= 0.3 is 0 Å². The van der Waals surface area contributed by atoms with Gasteiger partial charge in [-0.3, -0.25) is 10.1 Å². The van der Waals surface area contributed by atoms with Gasteiger partial charge in [0.2, 0.25) is 0 Å². The van der Waals surface area contributed by atoms with Crippen molar-refractivity contribution in [3.63, 3.8) is 0 Å². The Hall–Kier alpha value is -1.60. The third-order valence-electron chi connectivity index (χ3n) is 5.78. The molecule has 0 radical (unpaired) electrons. The van der Waals surface area contributed by atoms with E-state index in [1.807, 2.05) is 0 Å². The molecule has 0 amide bonds. The number of nitrogens with two attached hydrogens (primary N) is 1. The number of anilines is 2. The monoisotopic (exact) mass is 553 g/mol. The van der Waals surface area contributed by atoms with Crippen LogP contribution in [0.5, 0.6) is 0 Å². The van der Waals surface area contributed by atoms with Crippen LogP contribution in [0.1, 0.15) is 65.5 Å². The molecule has 3 N–H and O–H groups in total. The maximum absolute atomic E-state index is 11.6. The van der Waals surface area contributed by atoms with E-state index in [1.165, 1.54) is 11.6 Å². The summed E-state index contributed by atoms with van der Waals surface area (Å²) in [7, 11) is 0. The minimum Gasteiger partial charge on any atom is -0.398 e. The third-order valence-corrected chi connectivity index (χ3v) is 7.12. The molecule has 0 spiro atoms. The van der Waals surface area contributed by atoms with E-state index in [1.54, 1.807) is 6.07 Å². The van der Waals surface area contributed by atoms with Gasteiger partial charge < -0.3 is 11.1 Å². The average molecular weight is 555 g/mol. The summed E-state index contributed by atoms with van der Waals surface area (Å²) in [5, 5.41) is 15.1. The van der Waals surface area contributed by atoms with Crippen molar-refractivity contribution >= 4 is 48.9 Å². The zero-order valence-corrected chi connectivity index (χ0v) is 22.4. The summed E-state index contributed by atoms with van der Waals surface area (Å²) in [6, 6.07) is 9.71. The zero-order chi connectivity index (χ0) is 23.6. The van der Waals surface area contributed by atoms with Crippen LogP contribution in [0.15, 0.2) is 39.3 Å². The van der Waals surface area contributed by atoms with E-state index < -0.39 is 0 Å². The summed E-state index contributed by atoms with van der Waals surface area (Å²) in [5.41, 5.74) is 9.18. The number of nitrogen functional groups attached to an aromatic ring is 1. The highest BCUT2D eigenvalue weighted by Gasteiger charge is 2.30. The molecule has 170 valence electrons. The first-order chi connectivity index (χ1) is 14.2. The normalized spacial score (nSPS) is 13.2. The lowest BCUT2D eigenvalue weighted by Gasteiger charge is -2.27. The number of benzene rings is 2. The fraction of sp³-hybridized carbons (Fsp3) is 0.500. The number of nitrogens with one attached hydrogen (secondary N) is 1. The van der Waals surface area contributed by atoms with Gasteiger partial charge in [0.05, 0.1) is 10.6 Å². The molecular formula is C24H33Br2N3O2. The van der Waals surface area contributed by atoms with Crippen LogP contribution in [0.3, 0.4) is 0 Å². The van der Waals surface area contributed by atoms with E-state index in [0.717, 1.165) is 29.5 Å². The van der Waals surface area contributed by atoms with Crippen LogP contribution in [0.25, 0.3) is 0 Å². The Bertz CT molecular complexity index is 953. The van der Waals surface area contributed by atoms with E-state index in [0.29, 0.717) is 21.6 Å². The maximum atomic E-state index is 11.6. The lowest BCUT2D eigenvalue weighted by Crippen LogP contribution is -2.22. The van der Waals surface area contributed by atoms with Gasteiger partial charge in [0.1, 0.15) is 0 Å². The Labute approximate surface area is 202 Å². The topological polar surface area (TPSA) is 81.2 Å². The molecule has 0 fully saturated rings. The van der Waals surface area contributed by atoms with Gasteiger partial charge in [-0.2, -0.15) is 0 Å². The summed E-state index contributed by atoms with van der Waals surface area (Å²) in [5.74, 6) is 0.407. The number of nitro groups is 1. The number of halogens is 2. The van der Waals surface area contributed by atoms with Gasteiger partial charge in [0.25, 0.3) is 5.69 Å². The minimum absolute atomic E-state index is 0.0827. The molecule has 2 rings (SSSR count). The van der Waals surface area contributed by atoms with Crippen LogP contribution in [-0.2, 0) is 10.8 Å². The average Bonchev–Trinajstić information content (AvgIpc) is 2.66. The van der Waals surface area contributed by atoms with Crippen molar-refractivity contribution in [2.24, 2.45) is 5.92 Å². The Morgan fingerprint density at radius 2 is 1.74 bits per heavy atom. The summed E-state index contributed by atoms with van der Waals surface area (Å²) >= 11 is 7.10. The highest BCUT2D eigenvalue weighted by molar-refractivity contribution is 9.11. The summed E-state index contributed by atoms with van der Waals surface area (Å²) in [6.45, 7) is 13.8. The number of nitrogens with zero attached hydrogens (tertiary/aromatic N) is 1. The fourth-order valence-corrected chi connectivity index (χ4v) is 4.39. The lowest BCUT2D eigenvalue weighted by atomic mass is 9.78. The number of hydrogen-bond acceptors (Lipinski definition) is 4. The van der Waals surface area contributed by atoms with Crippen LogP contribution in [0.4, 0.5) is 17.1 Å². The predicted molar refractivity (Wildman–Crippen MR) is 138 cm³/mol. The number of nitro benzene ring substituents is 1. The first kappa shape index (κ1) is 25.7. The van der Waals surface area contributed by atoms with Crippen molar-refractivity contribution < 1.29 is 4.92 Å². The molecule has 5 nitrogen and oxygen atoms in total. The van der Waals surface area contributed by atoms with Gasteiger partial charge in [-0.1, -0.05) is 47.6 Å². The van der Waals surface area contributed by atoms with Crippen molar-refractivity contribution in [1.82, 2.24) is 0 Å². The van der Waals surface area contributed by atoms with Gasteiger partial charge in [0, 0.05) is 32.8 Å². The molecule has 2 aromatic rings. The first-order valence-electron chi connectivity index (χ1n) is 10.5. The van der Waals surface area contributed by atoms with Gasteiger partial charge in [-0.15, -0.1) is 0 Å².